The van der Waals surface area contributed by atoms with Gasteiger partial charge in [0.15, 0.2) is 22.9 Å². The third-order valence-corrected chi connectivity index (χ3v) is 1.93. The van der Waals surface area contributed by atoms with Gasteiger partial charge in [-0.2, -0.15) is 0 Å². The Hall–Kier alpha value is -2.50. The molecule has 0 bridgehead atoms. The first-order chi connectivity index (χ1) is 7.86. The summed E-state index contributed by atoms with van der Waals surface area (Å²) < 4.78 is 10.1. The van der Waals surface area contributed by atoms with Crippen molar-refractivity contribution in [1.29, 1.82) is 0 Å². The van der Waals surface area contributed by atoms with Crippen molar-refractivity contribution in [1.82, 2.24) is 0 Å². The van der Waals surface area contributed by atoms with E-state index in [9.17, 15) is 0 Å². The lowest BCUT2D eigenvalue weighted by Crippen LogP contribution is -2.16. The Labute approximate surface area is 90.1 Å². The highest BCUT2D eigenvalue weighted by atomic mass is 16.4. The van der Waals surface area contributed by atoms with Gasteiger partial charge in [0.2, 0.25) is 0 Å². The van der Waals surface area contributed by atoms with E-state index in [0.717, 1.165) is 0 Å². The molecule has 2 N–H and O–H groups in total. The van der Waals surface area contributed by atoms with Crippen molar-refractivity contribution in [2.24, 2.45) is 10.3 Å². The summed E-state index contributed by atoms with van der Waals surface area (Å²) in [5, 5.41) is 23.8. The third kappa shape index (κ3) is 1.68. The number of hydrogen-bond donors (Lipinski definition) is 2. The van der Waals surface area contributed by atoms with Gasteiger partial charge in [0.1, 0.15) is 0 Å². The summed E-state index contributed by atoms with van der Waals surface area (Å²) in [7, 11) is 0. The van der Waals surface area contributed by atoms with Crippen molar-refractivity contribution < 1.29 is 19.2 Å². The first-order valence-corrected chi connectivity index (χ1v) is 4.39. The third-order valence-electron chi connectivity index (χ3n) is 1.93. The second-order valence-corrected chi connectivity index (χ2v) is 2.85. The smallest absolute Gasteiger partial charge is 0.177 e. The van der Waals surface area contributed by atoms with Crippen molar-refractivity contribution in [3.63, 3.8) is 0 Å². The molecule has 6 heteroatoms. The fraction of sp³-hybridized carbons (Fsp3) is 0. The molecule has 0 aliphatic carbocycles. The average molecular weight is 220 g/mol. The lowest BCUT2D eigenvalue weighted by molar-refractivity contribution is 0.312. The predicted molar refractivity (Wildman–Crippen MR) is 54.1 cm³/mol. The van der Waals surface area contributed by atoms with Crippen LogP contribution >= 0.6 is 0 Å². The minimum absolute atomic E-state index is 0.0116. The molecule has 0 aliphatic rings. The first kappa shape index (κ1) is 10.0. The SMILES string of the molecule is O/N=C(/C(=N/O)c1ccco1)c1ccco1. The van der Waals surface area contributed by atoms with Gasteiger partial charge in [0.25, 0.3) is 0 Å². The Bertz CT molecular complexity index is 449. The lowest BCUT2D eigenvalue weighted by Gasteiger charge is -2.00. The van der Waals surface area contributed by atoms with Crippen LogP contribution in [0.25, 0.3) is 0 Å². The molecule has 0 atom stereocenters. The van der Waals surface area contributed by atoms with Crippen LogP contribution in [0.3, 0.4) is 0 Å². The van der Waals surface area contributed by atoms with Gasteiger partial charge in [-0.05, 0) is 24.3 Å². The van der Waals surface area contributed by atoms with Gasteiger partial charge in [0.05, 0.1) is 12.5 Å². The van der Waals surface area contributed by atoms with E-state index in [4.69, 9.17) is 19.2 Å². The molecule has 0 aromatic carbocycles. The fourth-order valence-electron chi connectivity index (χ4n) is 1.25. The molecule has 2 aromatic heterocycles. The van der Waals surface area contributed by atoms with Gasteiger partial charge in [-0.3, -0.25) is 0 Å². The van der Waals surface area contributed by atoms with Crippen LogP contribution in [0, 0.1) is 0 Å². The van der Waals surface area contributed by atoms with Crippen molar-refractivity contribution in [2.75, 3.05) is 0 Å². The summed E-state index contributed by atoms with van der Waals surface area (Å²) in [6.07, 6.45) is 2.83. The van der Waals surface area contributed by atoms with Crippen molar-refractivity contribution >= 4 is 11.4 Å². The van der Waals surface area contributed by atoms with E-state index in [1.807, 2.05) is 0 Å². The topological polar surface area (TPSA) is 91.5 Å². The van der Waals surface area contributed by atoms with Crippen LogP contribution in [-0.2, 0) is 0 Å². The highest BCUT2D eigenvalue weighted by Crippen LogP contribution is 2.10. The molecular formula is C10H8N2O4. The van der Waals surface area contributed by atoms with Crippen LogP contribution in [0.2, 0.25) is 0 Å². The van der Waals surface area contributed by atoms with E-state index in [2.05, 4.69) is 10.3 Å². The molecular weight excluding hydrogens is 212 g/mol. The number of furan rings is 2. The summed E-state index contributed by atoms with van der Waals surface area (Å²) in [6, 6.07) is 6.39. The summed E-state index contributed by atoms with van der Waals surface area (Å²) in [5.41, 5.74) is -0.0232. The molecule has 0 aliphatic heterocycles. The predicted octanol–water partition coefficient (Wildman–Crippen LogP) is 1.93. The molecule has 0 amide bonds. The van der Waals surface area contributed by atoms with E-state index in [0.29, 0.717) is 0 Å². The molecule has 6 nitrogen and oxygen atoms in total. The van der Waals surface area contributed by atoms with Crippen LogP contribution in [-0.4, -0.2) is 21.8 Å². The number of rotatable bonds is 3. The summed E-state index contributed by atoms with van der Waals surface area (Å²) >= 11 is 0. The Balaban J connectivity index is 2.43. The maximum atomic E-state index is 8.89. The monoisotopic (exact) mass is 220 g/mol. The minimum Gasteiger partial charge on any atom is -0.463 e. The molecule has 0 radical (unpaired) electrons. The lowest BCUT2D eigenvalue weighted by atomic mass is 10.1. The van der Waals surface area contributed by atoms with Gasteiger partial charge >= 0.3 is 0 Å². The number of nitrogens with zero attached hydrogens (tertiary/aromatic N) is 2. The number of hydrogen-bond acceptors (Lipinski definition) is 6. The van der Waals surface area contributed by atoms with Crippen molar-refractivity contribution in [2.45, 2.75) is 0 Å². The zero-order valence-electron chi connectivity index (χ0n) is 8.07. The van der Waals surface area contributed by atoms with E-state index in [-0.39, 0.29) is 22.9 Å². The molecule has 0 unspecified atom stereocenters. The standard InChI is InChI=1S/C10H8N2O4/c13-11-9(7-3-1-5-15-7)10(12-14)8-4-2-6-16-8/h1-6,13-14H/b11-9+,12-10+. The largest absolute Gasteiger partial charge is 0.463 e. The van der Waals surface area contributed by atoms with Crippen LogP contribution in [0.1, 0.15) is 11.5 Å². The Morgan fingerprint density at radius 2 is 1.31 bits per heavy atom. The van der Waals surface area contributed by atoms with Crippen LogP contribution < -0.4 is 0 Å². The maximum absolute atomic E-state index is 8.89. The highest BCUT2D eigenvalue weighted by Gasteiger charge is 2.20. The summed E-state index contributed by atoms with van der Waals surface area (Å²) in [4.78, 5) is 0. The van der Waals surface area contributed by atoms with Crippen molar-refractivity contribution in [3.05, 3.63) is 48.3 Å². The zero-order valence-corrected chi connectivity index (χ0v) is 8.07. The average Bonchev–Trinajstić information content (AvgIpc) is 2.97. The van der Waals surface area contributed by atoms with E-state index in [1.54, 1.807) is 24.3 Å². The summed E-state index contributed by atoms with van der Waals surface area (Å²) in [5.74, 6) is 0.540. The molecule has 0 fully saturated rings. The normalized spacial score (nSPS) is 13.0. The van der Waals surface area contributed by atoms with E-state index < -0.39 is 0 Å². The fourth-order valence-corrected chi connectivity index (χ4v) is 1.25. The van der Waals surface area contributed by atoms with Gasteiger partial charge in [-0.15, -0.1) is 0 Å². The van der Waals surface area contributed by atoms with Crippen LogP contribution in [0.5, 0.6) is 0 Å². The zero-order chi connectivity index (χ0) is 11.4. The van der Waals surface area contributed by atoms with Gasteiger partial charge in [0, 0.05) is 0 Å². The molecule has 2 heterocycles. The van der Waals surface area contributed by atoms with Crippen LogP contribution in [0.15, 0.2) is 55.9 Å². The Morgan fingerprint density at radius 3 is 1.56 bits per heavy atom. The quantitative estimate of drug-likeness (QED) is 0.469. The highest BCUT2D eigenvalue weighted by molar-refractivity contribution is 6.52. The van der Waals surface area contributed by atoms with E-state index in [1.165, 1.54) is 12.5 Å². The molecule has 0 saturated heterocycles. The molecule has 82 valence electrons. The molecule has 0 spiro atoms. The maximum Gasteiger partial charge on any atom is 0.177 e. The molecule has 16 heavy (non-hydrogen) atoms. The van der Waals surface area contributed by atoms with Crippen molar-refractivity contribution in [3.8, 4) is 0 Å². The molecule has 2 aromatic rings. The molecule has 0 saturated carbocycles. The van der Waals surface area contributed by atoms with Crippen LogP contribution in [0.4, 0.5) is 0 Å². The Kier molecular flexibility index (Phi) is 2.73. The first-order valence-electron chi connectivity index (χ1n) is 4.39. The number of oxime groups is 2. The second kappa shape index (κ2) is 4.35. The minimum atomic E-state index is -0.0116. The Morgan fingerprint density at radius 1 is 0.875 bits per heavy atom. The van der Waals surface area contributed by atoms with E-state index >= 15 is 0 Å². The second-order valence-electron chi connectivity index (χ2n) is 2.85. The summed E-state index contributed by atoms with van der Waals surface area (Å²) in [6.45, 7) is 0. The molecule has 2 rings (SSSR count). The van der Waals surface area contributed by atoms with Gasteiger partial charge < -0.3 is 19.2 Å². The van der Waals surface area contributed by atoms with Gasteiger partial charge in [-0.25, -0.2) is 0 Å². The van der Waals surface area contributed by atoms with Gasteiger partial charge in [-0.1, -0.05) is 10.3 Å².